The molecule has 6 atom stereocenters. The normalized spacial score (nSPS) is 25.7. The average molecular weight is 537 g/mol. The SMILES string of the molecule is CC(C)OC(=O)[C@H](C)NP(=O)(OC[C@H]1O[C@@](C#N)(n2ccc(N)nc2=O)[C@H](O)[C@@H]1O)Oc1ccccc1. The highest BCUT2D eigenvalue weighted by molar-refractivity contribution is 7.52. The number of rotatable bonds is 10. The predicted molar refractivity (Wildman–Crippen MR) is 128 cm³/mol. The van der Waals surface area contributed by atoms with Gasteiger partial charge in [-0.25, -0.2) is 9.36 Å². The van der Waals surface area contributed by atoms with Gasteiger partial charge >= 0.3 is 19.4 Å². The first-order valence-electron chi connectivity index (χ1n) is 11.2. The number of aliphatic hydroxyl groups excluding tert-OH is 2. The topological polar surface area (TPSA) is 208 Å². The number of nitriles is 1. The van der Waals surface area contributed by atoms with E-state index in [1.165, 1.54) is 25.1 Å². The van der Waals surface area contributed by atoms with Gasteiger partial charge in [0, 0.05) is 6.20 Å². The number of ether oxygens (including phenoxy) is 2. The third-order valence-corrected chi connectivity index (χ3v) is 6.86. The first kappa shape index (κ1) is 28.3. The van der Waals surface area contributed by atoms with Gasteiger partial charge in [0.05, 0.1) is 12.7 Å². The zero-order valence-electron chi connectivity index (χ0n) is 20.3. The fourth-order valence-corrected chi connectivity index (χ4v) is 4.96. The van der Waals surface area contributed by atoms with Crippen molar-refractivity contribution in [3.63, 3.8) is 0 Å². The van der Waals surface area contributed by atoms with Gasteiger partial charge in [-0.05, 0) is 39.0 Å². The second-order valence-electron chi connectivity index (χ2n) is 8.44. The monoisotopic (exact) mass is 537 g/mol. The molecule has 0 radical (unpaired) electrons. The zero-order valence-corrected chi connectivity index (χ0v) is 21.1. The molecule has 0 spiro atoms. The van der Waals surface area contributed by atoms with Crippen LogP contribution in [-0.4, -0.2) is 62.8 Å². The molecule has 37 heavy (non-hydrogen) atoms. The Morgan fingerprint density at radius 3 is 2.59 bits per heavy atom. The van der Waals surface area contributed by atoms with Crippen LogP contribution < -0.4 is 21.0 Å². The Morgan fingerprint density at radius 1 is 1.32 bits per heavy atom. The minimum atomic E-state index is -4.34. The van der Waals surface area contributed by atoms with Gasteiger partial charge in [0.1, 0.15) is 42.0 Å². The predicted octanol–water partition coefficient (Wildman–Crippen LogP) is 0.256. The number of anilines is 1. The third kappa shape index (κ3) is 6.34. The summed E-state index contributed by atoms with van der Waals surface area (Å²) in [5, 5.41) is 33.5. The summed E-state index contributed by atoms with van der Waals surface area (Å²) in [6.07, 6.45) is -4.47. The molecule has 15 heteroatoms. The number of carbonyl (C=O) groups excluding carboxylic acids is 1. The van der Waals surface area contributed by atoms with E-state index in [4.69, 9.17) is 24.3 Å². The number of carbonyl (C=O) groups is 1. The number of hydrogen-bond donors (Lipinski definition) is 4. The molecule has 1 unspecified atom stereocenters. The van der Waals surface area contributed by atoms with Crippen LogP contribution in [0.5, 0.6) is 5.75 Å². The molecule has 2 aromatic rings. The Kier molecular flexibility index (Phi) is 8.70. The van der Waals surface area contributed by atoms with Gasteiger partial charge in [0.25, 0.3) is 5.72 Å². The number of nitrogen functional groups attached to an aromatic ring is 1. The number of hydrogen-bond acceptors (Lipinski definition) is 12. The number of benzene rings is 1. The molecule has 0 aliphatic carbocycles. The summed E-state index contributed by atoms with van der Waals surface area (Å²) in [6, 6.07) is 9.70. The summed E-state index contributed by atoms with van der Waals surface area (Å²) in [5.41, 5.74) is 2.10. The number of aromatic nitrogens is 2. The smallest absolute Gasteiger partial charge is 0.459 e. The van der Waals surface area contributed by atoms with Crippen molar-refractivity contribution >= 4 is 19.5 Å². The lowest BCUT2D eigenvalue weighted by Gasteiger charge is -2.26. The van der Waals surface area contributed by atoms with Gasteiger partial charge in [-0.1, -0.05) is 18.2 Å². The zero-order chi connectivity index (χ0) is 27.4. The molecule has 14 nitrogen and oxygen atoms in total. The number of nitrogens with one attached hydrogen (secondary N) is 1. The first-order chi connectivity index (χ1) is 17.4. The van der Waals surface area contributed by atoms with Crippen molar-refractivity contribution in [2.24, 2.45) is 0 Å². The number of nitrogens with zero attached hydrogens (tertiary/aromatic N) is 3. The number of nitrogens with two attached hydrogens (primary N) is 1. The Balaban J connectivity index is 1.83. The van der Waals surface area contributed by atoms with E-state index in [-0.39, 0.29) is 11.6 Å². The molecule has 200 valence electrons. The van der Waals surface area contributed by atoms with Crippen LogP contribution in [0.3, 0.4) is 0 Å². The molecule has 1 aliphatic heterocycles. The summed E-state index contributed by atoms with van der Waals surface area (Å²) >= 11 is 0. The molecule has 1 aromatic heterocycles. The Hall–Kier alpha value is -3.31. The van der Waals surface area contributed by atoms with Crippen LogP contribution in [0.1, 0.15) is 20.8 Å². The standard InChI is InChI=1S/C22H28N5O9P/c1-13(2)34-20(30)14(3)26-37(32,36-15-7-5-4-6-8-15)33-11-16-18(28)19(29)22(12-23,35-16)27-10-9-17(24)25-21(27)31/h4-10,13-14,16,18-19,28-29H,11H2,1-3H3,(H,26,32)(H2,24,25,31)/t14-,16+,18+,19+,22+,37?/m0/s1. The third-order valence-electron chi connectivity index (χ3n) is 5.21. The maximum atomic E-state index is 13.6. The Bertz CT molecular complexity index is 1250. The van der Waals surface area contributed by atoms with Crippen LogP contribution in [0, 0.1) is 11.3 Å². The molecule has 3 rings (SSSR count). The van der Waals surface area contributed by atoms with Crippen LogP contribution in [0.4, 0.5) is 5.82 Å². The molecule has 2 heterocycles. The van der Waals surface area contributed by atoms with Crippen molar-refractivity contribution in [3.05, 3.63) is 53.1 Å². The van der Waals surface area contributed by atoms with Gasteiger partial charge in [0.2, 0.25) is 0 Å². The van der Waals surface area contributed by atoms with E-state index in [0.717, 1.165) is 6.20 Å². The lowest BCUT2D eigenvalue weighted by molar-refractivity contribution is -0.149. The van der Waals surface area contributed by atoms with E-state index in [1.54, 1.807) is 38.1 Å². The van der Waals surface area contributed by atoms with Gasteiger partial charge in [-0.15, -0.1) is 0 Å². The van der Waals surface area contributed by atoms with Crippen molar-refractivity contribution in [2.45, 2.75) is 57.0 Å². The number of esters is 1. The second kappa shape index (κ2) is 11.4. The van der Waals surface area contributed by atoms with E-state index in [0.29, 0.717) is 4.57 Å². The summed E-state index contributed by atoms with van der Waals surface area (Å²) < 4.78 is 36.0. The van der Waals surface area contributed by atoms with E-state index < -0.39 is 62.2 Å². The van der Waals surface area contributed by atoms with E-state index >= 15 is 0 Å². The molecule has 1 saturated heterocycles. The van der Waals surface area contributed by atoms with Gasteiger partial charge in [-0.2, -0.15) is 15.3 Å². The minimum Gasteiger partial charge on any atom is -0.462 e. The van der Waals surface area contributed by atoms with Crippen LogP contribution in [0.2, 0.25) is 0 Å². The fourth-order valence-electron chi connectivity index (χ4n) is 3.46. The summed E-state index contributed by atoms with van der Waals surface area (Å²) in [6.45, 7) is 4.01. The second-order valence-corrected chi connectivity index (χ2v) is 10.1. The van der Waals surface area contributed by atoms with Crippen molar-refractivity contribution in [2.75, 3.05) is 12.3 Å². The Labute approximate surface area is 212 Å². The minimum absolute atomic E-state index is 0.127. The van der Waals surface area contributed by atoms with Crippen molar-refractivity contribution in [1.82, 2.24) is 14.6 Å². The van der Waals surface area contributed by atoms with Gasteiger partial charge < -0.3 is 29.9 Å². The maximum Gasteiger partial charge on any atom is 0.459 e. The highest BCUT2D eigenvalue weighted by atomic mass is 31.2. The van der Waals surface area contributed by atoms with Crippen LogP contribution in [-0.2, 0) is 29.1 Å². The molecular formula is C22H28N5O9P. The number of aliphatic hydroxyl groups is 2. The Morgan fingerprint density at radius 2 is 2.00 bits per heavy atom. The molecule has 5 N–H and O–H groups in total. The molecule has 1 aromatic carbocycles. The summed E-state index contributed by atoms with van der Waals surface area (Å²) in [5.74, 6) is -0.708. The maximum absolute atomic E-state index is 13.6. The van der Waals surface area contributed by atoms with Crippen molar-refractivity contribution < 1.29 is 38.1 Å². The van der Waals surface area contributed by atoms with Crippen molar-refractivity contribution in [1.29, 1.82) is 5.26 Å². The van der Waals surface area contributed by atoms with E-state index in [9.17, 15) is 29.6 Å². The molecule has 1 aliphatic rings. The average Bonchev–Trinajstić information content (AvgIpc) is 3.08. The highest BCUT2D eigenvalue weighted by Gasteiger charge is 2.57. The molecule has 0 saturated carbocycles. The van der Waals surface area contributed by atoms with E-state index in [2.05, 4.69) is 10.1 Å². The molecule has 0 bridgehead atoms. The van der Waals surface area contributed by atoms with Crippen LogP contribution in [0.25, 0.3) is 0 Å². The molecule has 1 fully saturated rings. The number of para-hydroxylation sites is 1. The summed E-state index contributed by atoms with van der Waals surface area (Å²) in [4.78, 5) is 28.1. The lowest BCUT2D eigenvalue weighted by atomic mass is 10.0. The largest absolute Gasteiger partial charge is 0.462 e. The van der Waals surface area contributed by atoms with Crippen LogP contribution >= 0.6 is 7.75 Å². The molecular weight excluding hydrogens is 509 g/mol. The lowest BCUT2D eigenvalue weighted by Crippen LogP contribution is -2.49. The first-order valence-corrected chi connectivity index (χ1v) is 12.7. The quantitative estimate of drug-likeness (QED) is 0.237. The van der Waals surface area contributed by atoms with E-state index in [1.807, 2.05) is 0 Å². The highest BCUT2D eigenvalue weighted by Crippen LogP contribution is 2.46. The van der Waals surface area contributed by atoms with Crippen molar-refractivity contribution in [3.8, 4) is 11.8 Å². The van der Waals surface area contributed by atoms with Gasteiger partial charge in [0.15, 0.2) is 0 Å². The van der Waals surface area contributed by atoms with Crippen LogP contribution in [0.15, 0.2) is 47.4 Å². The van der Waals surface area contributed by atoms with Gasteiger partial charge in [-0.3, -0.25) is 13.9 Å². The molecule has 0 amide bonds. The fraction of sp³-hybridized carbons (Fsp3) is 0.455. The summed E-state index contributed by atoms with van der Waals surface area (Å²) in [7, 11) is -4.34.